The number of nitrogens with zero attached hydrogens (tertiary/aromatic N) is 3. The number of para-hydroxylation sites is 1. The first-order chi connectivity index (χ1) is 13.0. The Morgan fingerprint density at radius 2 is 1.93 bits per heavy atom. The summed E-state index contributed by atoms with van der Waals surface area (Å²) >= 11 is 0. The highest BCUT2D eigenvalue weighted by Crippen LogP contribution is 2.27. The topological polar surface area (TPSA) is 79.8 Å². The van der Waals surface area contributed by atoms with Crippen molar-refractivity contribution >= 4 is 17.4 Å². The third kappa shape index (κ3) is 4.67. The predicted molar refractivity (Wildman–Crippen MR) is 107 cm³/mol. The van der Waals surface area contributed by atoms with Crippen LogP contribution >= 0.6 is 0 Å². The van der Waals surface area contributed by atoms with E-state index in [-0.39, 0.29) is 11.6 Å². The van der Waals surface area contributed by atoms with Crippen LogP contribution in [0.15, 0.2) is 54.9 Å². The van der Waals surface area contributed by atoms with Crippen molar-refractivity contribution in [1.82, 2.24) is 15.2 Å². The first-order valence-corrected chi connectivity index (χ1v) is 8.92. The zero-order valence-corrected chi connectivity index (χ0v) is 15.7. The van der Waals surface area contributed by atoms with E-state index >= 15 is 0 Å². The number of hydrogen-bond donors (Lipinski definition) is 2. The second-order valence-corrected chi connectivity index (χ2v) is 6.67. The number of benzene rings is 1. The van der Waals surface area contributed by atoms with Crippen LogP contribution in [0.1, 0.15) is 46.9 Å². The number of amides is 1. The maximum atomic E-state index is 12.6. The minimum atomic E-state index is -0.266. The molecule has 0 atom stereocenters. The highest BCUT2D eigenvalue weighted by Gasteiger charge is 2.14. The van der Waals surface area contributed by atoms with Crippen molar-refractivity contribution in [3.63, 3.8) is 0 Å². The highest BCUT2D eigenvalue weighted by molar-refractivity contribution is 6.03. The second-order valence-electron chi connectivity index (χ2n) is 6.67. The van der Waals surface area contributed by atoms with Crippen LogP contribution in [0.5, 0.6) is 0 Å². The lowest BCUT2D eigenvalue weighted by atomic mass is 9.98. The van der Waals surface area contributed by atoms with Gasteiger partial charge in [0.2, 0.25) is 0 Å². The molecule has 3 rings (SSSR count). The van der Waals surface area contributed by atoms with Gasteiger partial charge in [-0.1, -0.05) is 38.1 Å². The molecule has 138 valence electrons. The van der Waals surface area contributed by atoms with Gasteiger partial charge >= 0.3 is 0 Å². The number of anilines is 2. The Kier molecular flexibility index (Phi) is 5.76. The van der Waals surface area contributed by atoms with Crippen LogP contribution in [0.3, 0.4) is 0 Å². The number of carbonyl (C=O) groups is 1. The van der Waals surface area contributed by atoms with Gasteiger partial charge in [-0.2, -0.15) is 0 Å². The number of carbonyl (C=O) groups excluding carboxylic acids is 1. The van der Waals surface area contributed by atoms with Crippen LogP contribution in [-0.4, -0.2) is 21.1 Å². The fourth-order valence-corrected chi connectivity index (χ4v) is 2.76. The Labute approximate surface area is 159 Å². The summed E-state index contributed by atoms with van der Waals surface area (Å²) in [5.74, 6) is 0.650. The first kappa shape index (κ1) is 18.5. The first-order valence-electron chi connectivity index (χ1n) is 8.92. The summed E-state index contributed by atoms with van der Waals surface area (Å²) in [6, 6.07) is 13.3. The summed E-state index contributed by atoms with van der Waals surface area (Å²) in [6.45, 7) is 6.79. The number of aromatic nitrogens is 3. The Balaban J connectivity index is 1.68. The minimum Gasteiger partial charge on any atom is -0.364 e. The molecule has 2 N–H and O–H groups in total. The number of rotatable bonds is 6. The smallest absolute Gasteiger partial charge is 0.276 e. The average Bonchev–Trinajstić information content (AvgIpc) is 2.69. The van der Waals surface area contributed by atoms with Gasteiger partial charge in [-0.05, 0) is 47.7 Å². The van der Waals surface area contributed by atoms with Crippen LogP contribution in [0, 0.1) is 6.92 Å². The zero-order valence-electron chi connectivity index (χ0n) is 15.7. The maximum absolute atomic E-state index is 12.6. The Morgan fingerprint density at radius 1 is 1.07 bits per heavy atom. The van der Waals surface area contributed by atoms with Crippen LogP contribution in [0.2, 0.25) is 0 Å². The summed E-state index contributed by atoms with van der Waals surface area (Å²) in [7, 11) is 0. The summed E-state index contributed by atoms with van der Waals surface area (Å²) in [4.78, 5) is 16.7. The molecule has 0 spiro atoms. The van der Waals surface area contributed by atoms with Gasteiger partial charge in [-0.15, -0.1) is 10.2 Å². The average molecular weight is 361 g/mol. The van der Waals surface area contributed by atoms with Crippen molar-refractivity contribution in [1.29, 1.82) is 0 Å². The molecule has 0 aliphatic heterocycles. The van der Waals surface area contributed by atoms with E-state index in [1.807, 2.05) is 37.3 Å². The molecule has 0 bridgehead atoms. The quantitative estimate of drug-likeness (QED) is 0.689. The van der Waals surface area contributed by atoms with Crippen molar-refractivity contribution in [3.8, 4) is 0 Å². The third-order valence-electron chi connectivity index (χ3n) is 4.26. The van der Waals surface area contributed by atoms with Gasteiger partial charge < -0.3 is 10.6 Å². The molecule has 6 heteroatoms. The van der Waals surface area contributed by atoms with Gasteiger partial charge in [-0.3, -0.25) is 9.78 Å². The summed E-state index contributed by atoms with van der Waals surface area (Å²) in [5, 5.41) is 14.3. The largest absolute Gasteiger partial charge is 0.364 e. The normalized spacial score (nSPS) is 10.7. The van der Waals surface area contributed by atoms with Crippen molar-refractivity contribution in [2.24, 2.45) is 0 Å². The summed E-state index contributed by atoms with van der Waals surface area (Å²) < 4.78 is 0. The number of hydrogen-bond acceptors (Lipinski definition) is 5. The van der Waals surface area contributed by atoms with E-state index in [9.17, 15) is 4.79 Å². The standard InChI is InChI=1S/C21H23N5O/c1-14(2)17-8-4-6-15(3)20(17)24-21(27)18-9-10-19(26-25-18)23-13-16-7-5-11-22-12-16/h4-12,14H,13H2,1-3H3,(H,23,26)(H,24,27). The summed E-state index contributed by atoms with van der Waals surface area (Å²) in [5.41, 5.74) is 4.29. The number of pyridine rings is 1. The molecule has 0 saturated heterocycles. The van der Waals surface area contributed by atoms with Gasteiger partial charge in [0.15, 0.2) is 5.69 Å². The molecule has 2 heterocycles. The molecular formula is C21H23N5O. The lowest BCUT2D eigenvalue weighted by Gasteiger charge is -2.16. The molecular weight excluding hydrogens is 338 g/mol. The number of nitrogens with one attached hydrogen (secondary N) is 2. The van der Waals surface area contributed by atoms with Crippen molar-refractivity contribution in [2.75, 3.05) is 10.6 Å². The van der Waals surface area contributed by atoms with Crippen molar-refractivity contribution in [3.05, 3.63) is 77.2 Å². The van der Waals surface area contributed by atoms with E-state index < -0.39 is 0 Å². The van der Waals surface area contributed by atoms with Crippen molar-refractivity contribution < 1.29 is 4.79 Å². The molecule has 3 aromatic rings. The molecule has 27 heavy (non-hydrogen) atoms. The predicted octanol–water partition coefficient (Wildman–Crippen LogP) is 4.17. The summed E-state index contributed by atoms with van der Waals surface area (Å²) in [6.07, 6.45) is 3.52. The van der Waals surface area contributed by atoms with Crippen LogP contribution in [0.25, 0.3) is 0 Å². The van der Waals surface area contributed by atoms with Gasteiger partial charge in [0, 0.05) is 24.6 Å². The SMILES string of the molecule is Cc1cccc(C(C)C)c1NC(=O)c1ccc(NCc2cccnc2)nn1. The maximum Gasteiger partial charge on any atom is 0.276 e. The van der Waals surface area contributed by atoms with Crippen LogP contribution in [-0.2, 0) is 6.54 Å². The van der Waals surface area contributed by atoms with Crippen molar-refractivity contribution in [2.45, 2.75) is 33.2 Å². The van der Waals surface area contributed by atoms with Gasteiger partial charge in [-0.25, -0.2) is 0 Å². The van der Waals surface area contributed by atoms with Crippen LogP contribution in [0.4, 0.5) is 11.5 Å². The Morgan fingerprint density at radius 3 is 2.59 bits per heavy atom. The molecule has 0 aliphatic rings. The molecule has 0 aliphatic carbocycles. The second kappa shape index (κ2) is 8.40. The van der Waals surface area contributed by atoms with Gasteiger partial charge in [0.25, 0.3) is 5.91 Å². The lowest BCUT2D eigenvalue weighted by Crippen LogP contribution is -2.17. The molecule has 0 saturated carbocycles. The Hall–Kier alpha value is -3.28. The minimum absolute atomic E-state index is 0.266. The molecule has 2 aromatic heterocycles. The molecule has 6 nitrogen and oxygen atoms in total. The fraction of sp³-hybridized carbons (Fsp3) is 0.238. The zero-order chi connectivity index (χ0) is 19.2. The van der Waals surface area contributed by atoms with E-state index in [0.29, 0.717) is 18.3 Å². The monoisotopic (exact) mass is 361 g/mol. The van der Waals surface area contributed by atoms with E-state index in [1.165, 1.54) is 0 Å². The fourth-order valence-electron chi connectivity index (χ4n) is 2.76. The molecule has 0 unspecified atom stereocenters. The Bertz CT molecular complexity index is 908. The van der Waals surface area contributed by atoms with E-state index in [1.54, 1.807) is 24.5 Å². The van der Waals surface area contributed by atoms with Crippen LogP contribution < -0.4 is 10.6 Å². The molecule has 0 radical (unpaired) electrons. The van der Waals surface area contributed by atoms with E-state index in [4.69, 9.17) is 0 Å². The molecule has 1 aromatic carbocycles. The lowest BCUT2D eigenvalue weighted by molar-refractivity contribution is 0.102. The highest BCUT2D eigenvalue weighted by atomic mass is 16.1. The van der Waals surface area contributed by atoms with E-state index in [2.05, 4.69) is 39.7 Å². The number of aryl methyl sites for hydroxylation is 1. The van der Waals surface area contributed by atoms with E-state index in [0.717, 1.165) is 22.4 Å². The van der Waals surface area contributed by atoms with Gasteiger partial charge in [0.05, 0.1) is 0 Å². The third-order valence-corrected chi connectivity index (χ3v) is 4.26. The van der Waals surface area contributed by atoms with Gasteiger partial charge in [0.1, 0.15) is 5.82 Å². The molecule has 1 amide bonds. The molecule has 0 fully saturated rings.